The van der Waals surface area contributed by atoms with Gasteiger partial charge in [0.25, 0.3) is 0 Å². The summed E-state index contributed by atoms with van der Waals surface area (Å²) in [6, 6.07) is 17.4. The van der Waals surface area contributed by atoms with Crippen LogP contribution in [0.15, 0.2) is 48.5 Å². The summed E-state index contributed by atoms with van der Waals surface area (Å²) in [7, 11) is 0. The first-order chi connectivity index (χ1) is 8.79. The van der Waals surface area contributed by atoms with Crippen molar-refractivity contribution in [1.82, 2.24) is 0 Å². The Hall–Kier alpha value is -0.620. The van der Waals surface area contributed by atoms with E-state index in [1.807, 2.05) is 0 Å². The van der Waals surface area contributed by atoms with Gasteiger partial charge in [0.05, 0.1) is 0 Å². The van der Waals surface area contributed by atoms with Crippen molar-refractivity contribution in [3.63, 3.8) is 0 Å². The summed E-state index contributed by atoms with van der Waals surface area (Å²) < 4.78 is 2.77. The first kappa shape index (κ1) is 11.2. The topological polar surface area (TPSA) is 0 Å². The molecule has 0 fully saturated rings. The molecule has 0 spiro atoms. The van der Waals surface area contributed by atoms with Crippen molar-refractivity contribution in [2.24, 2.45) is 0 Å². The molecule has 0 N–H and O–H groups in total. The van der Waals surface area contributed by atoms with Crippen molar-refractivity contribution in [3.8, 4) is 0 Å². The van der Waals surface area contributed by atoms with E-state index in [-0.39, 0.29) is 0 Å². The molecule has 0 aromatic heterocycles. The number of benzene rings is 2. The lowest BCUT2D eigenvalue weighted by Gasteiger charge is -1.99. The van der Waals surface area contributed by atoms with E-state index in [0.717, 1.165) is 0 Å². The monoisotopic (exact) mass is 454 g/mol. The van der Waals surface area contributed by atoms with E-state index in [9.17, 15) is 0 Å². The summed E-state index contributed by atoms with van der Waals surface area (Å²) >= 11 is 4.98. The molecule has 2 aliphatic rings. The van der Waals surface area contributed by atoms with Crippen LogP contribution in [0.4, 0.5) is 0 Å². The number of halogens is 2. The minimum atomic E-state index is 1.38. The third-order valence-electron chi connectivity index (χ3n) is 3.55. The normalized spacial score (nSPS) is 15.9. The Labute approximate surface area is 132 Å². The van der Waals surface area contributed by atoms with Gasteiger partial charge in [-0.3, -0.25) is 0 Å². The van der Waals surface area contributed by atoms with Crippen LogP contribution in [0.3, 0.4) is 0 Å². The zero-order valence-corrected chi connectivity index (χ0v) is 13.7. The minimum absolute atomic E-state index is 1.38. The van der Waals surface area contributed by atoms with Crippen LogP contribution in [0.2, 0.25) is 0 Å². The van der Waals surface area contributed by atoms with Crippen molar-refractivity contribution in [2.45, 2.75) is 0 Å². The van der Waals surface area contributed by atoms with Crippen molar-refractivity contribution >= 4 is 63.5 Å². The quantitative estimate of drug-likeness (QED) is 0.534. The highest BCUT2D eigenvalue weighted by atomic mass is 127. The van der Waals surface area contributed by atoms with Gasteiger partial charge in [-0.15, -0.1) is 0 Å². The molecule has 4 rings (SSSR count). The van der Waals surface area contributed by atoms with Crippen LogP contribution >= 0.6 is 45.2 Å². The molecule has 0 saturated carbocycles. The second-order valence-corrected chi connectivity index (χ2v) is 6.63. The molecule has 0 aliphatic heterocycles. The molecule has 0 heterocycles. The van der Waals surface area contributed by atoms with Gasteiger partial charge in [-0.1, -0.05) is 48.5 Å². The van der Waals surface area contributed by atoms with Crippen molar-refractivity contribution in [3.05, 3.63) is 69.4 Å². The lowest BCUT2D eigenvalue weighted by Crippen LogP contribution is -2.26. The fourth-order valence-electron chi connectivity index (χ4n) is 2.78. The van der Waals surface area contributed by atoms with Crippen molar-refractivity contribution in [1.29, 1.82) is 0 Å². The smallest absolute Gasteiger partial charge is 0.0294 e. The summed E-state index contributed by atoms with van der Waals surface area (Å²) in [4.78, 5) is 0. The second kappa shape index (κ2) is 3.93. The maximum Gasteiger partial charge on any atom is 0.0294 e. The van der Waals surface area contributed by atoms with Gasteiger partial charge < -0.3 is 0 Å². The minimum Gasteiger partial charge on any atom is -0.0616 e. The van der Waals surface area contributed by atoms with Gasteiger partial charge in [0.1, 0.15) is 0 Å². The van der Waals surface area contributed by atoms with Gasteiger partial charge in [0, 0.05) is 18.3 Å². The summed E-state index contributed by atoms with van der Waals surface area (Å²) in [5.74, 6) is 0. The van der Waals surface area contributed by atoms with E-state index in [2.05, 4.69) is 93.7 Å². The molecule has 0 amide bonds. The molecule has 2 aliphatic carbocycles. The van der Waals surface area contributed by atoms with E-state index in [1.54, 1.807) is 0 Å². The highest BCUT2D eigenvalue weighted by Crippen LogP contribution is 2.37. The van der Waals surface area contributed by atoms with Crippen LogP contribution < -0.4 is 20.9 Å². The van der Waals surface area contributed by atoms with Crippen LogP contribution in [0.5, 0.6) is 0 Å². The highest BCUT2D eigenvalue weighted by Gasteiger charge is 2.25. The van der Waals surface area contributed by atoms with Crippen LogP contribution in [-0.4, -0.2) is 0 Å². The van der Waals surface area contributed by atoms with Gasteiger partial charge >= 0.3 is 0 Å². The summed E-state index contributed by atoms with van der Waals surface area (Å²) in [6.45, 7) is 0. The van der Waals surface area contributed by atoms with E-state index < -0.39 is 0 Å². The Balaban J connectivity index is 2.39. The van der Waals surface area contributed by atoms with E-state index in [1.165, 1.54) is 39.2 Å². The molecule has 0 atom stereocenters. The first-order valence-electron chi connectivity index (χ1n) is 5.78. The van der Waals surface area contributed by atoms with Crippen molar-refractivity contribution in [2.75, 3.05) is 0 Å². The molecule has 0 radical (unpaired) electrons. The van der Waals surface area contributed by atoms with E-state index in [4.69, 9.17) is 0 Å². The average molecular weight is 454 g/mol. The predicted molar refractivity (Wildman–Crippen MR) is 93.1 cm³/mol. The van der Waals surface area contributed by atoms with E-state index >= 15 is 0 Å². The first-order valence-corrected chi connectivity index (χ1v) is 7.94. The molecule has 18 heavy (non-hydrogen) atoms. The Kier molecular flexibility index (Phi) is 2.45. The van der Waals surface area contributed by atoms with Crippen LogP contribution in [0, 0.1) is 0 Å². The van der Waals surface area contributed by atoms with Gasteiger partial charge in [-0.2, -0.15) is 0 Å². The lowest BCUT2D eigenvalue weighted by atomic mass is 10.1. The zero-order chi connectivity index (χ0) is 12.3. The largest absolute Gasteiger partial charge is 0.0616 e. The van der Waals surface area contributed by atoms with Gasteiger partial charge in [-0.05, 0) is 66.1 Å². The molecule has 2 heteroatoms. The van der Waals surface area contributed by atoms with Gasteiger partial charge in [0.15, 0.2) is 0 Å². The number of hydrogen-bond acceptors (Lipinski definition) is 0. The third-order valence-corrected chi connectivity index (χ3v) is 5.80. The highest BCUT2D eigenvalue weighted by molar-refractivity contribution is 14.1. The Morgan fingerprint density at radius 1 is 0.500 bits per heavy atom. The predicted octanol–water partition coefficient (Wildman–Crippen LogP) is 1.80. The van der Waals surface area contributed by atoms with E-state index in [0.29, 0.717) is 0 Å². The summed E-state index contributed by atoms with van der Waals surface area (Å²) in [6.07, 6.45) is 0. The molecular weight excluding hydrogens is 446 g/mol. The molecule has 86 valence electrons. The summed E-state index contributed by atoms with van der Waals surface area (Å²) in [5.41, 5.74) is 2.86. The number of hydrogen-bond donors (Lipinski definition) is 0. The lowest BCUT2D eigenvalue weighted by molar-refractivity contribution is 1.52. The van der Waals surface area contributed by atoms with Crippen LogP contribution in [-0.2, 0) is 0 Å². The summed E-state index contributed by atoms with van der Waals surface area (Å²) in [5, 5.41) is 5.54. The molecule has 2 aromatic carbocycles. The molecule has 0 nitrogen and oxygen atoms in total. The maximum atomic E-state index is 2.49. The molecule has 0 saturated heterocycles. The Morgan fingerprint density at radius 2 is 0.833 bits per heavy atom. The molecule has 0 bridgehead atoms. The van der Waals surface area contributed by atoms with Gasteiger partial charge in [-0.25, -0.2) is 0 Å². The van der Waals surface area contributed by atoms with Crippen molar-refractivity contribution < 1.29 is 0 Å². The molecular formula is C16H8I2. The van der Waals surface area contributed by atoms with Gasteiger partial charge in [0.2, 0.25) is 0 Å². The maximum absolute atomic E-state index is 2.49. The standard InChI is InChI=1S/C16H8I2/c17-15-11-7-3-1-5-9(11)13-14(15)10-6-2-4-8-12(10)16(13)18/h1-8H. The average Bonchev–Trinajstić information content (AvgIpc) is 2.87. The Morgan fingerprint density at radius 3 is 1.22 bits per heavy atom. The Bertz CT molecular complexity index is 854. The number of fused-ring (bicyclic) bond motifs is 3. The number of rotatable bonds is 0. The van der Waals surface area contributed by atoms with Crippen LogP contribution in [0.1, 0.15) is 0 Å². The fraction of sp³-hybridized carbons (Fsp3) is 0. The zero-order valence-electron chi connectivity index (χ0n) is 9.37. The fourth-order valence-corrected chi connectivity index (χ4v) is 4.84. The SMILES string of the molecule is IC1=c2ccccc2=C2C(I)=c3ccccc3=C12. The van der Waals surface area contributed by atoms with Crippen LogP contribution in [0.25, 0.3) is 18.3 Å². The third kappa shape index (κ3) is 1.30. The second-order valence-electron chi connectivity index (χ2n) is 4.47. The molecule has 0 unspecified atom stereocenters. The molecule has 2 aromatic rings.